The van der Waals surface area contributed by atoms with Gasteiger partial charge in [0.25, 0.3) is 0 Å². The molecular weight excluding hydrogens is 366 g/mol. The van der Waals surface area contributed by atoms with Gasteiger partial charge in [-0.05, 0) is 35.9 Å². The van der Waals surface area contributed by atoms with E-state index in [1.54, 1.807) is 7.11 Å². The van der Waals surface area contributed by atoms with E-state index >= 15 is 0 Å². The number of nitrogens with zero attached hydrogens (tertiary/aromatic N) is 1. The normalized spacial score (nSPS) is 10.7. The highest BCUT2D eigenvalue weighted by Crippen LogP contribution is 2.34. The van der Waals surface area contributed by atoms with Crippen molar-refractivity contribution in [3.05, 3.63) is 72.3 Å². The lowest BCUT2D eigenvalue weighted by atomic mass is 10.1. The van der Waals surface area contributed by atoms with Gasteiger partial charge in [0.05, 0.1) is 23.8 Å². The zero-order valence-electron chi connectivity index (χ0n) is 16.2. The number of anilines is 2. The first-order valence-corrected chi connectivity index (χ1v) is 9.25. The lowest BCUT2D eigenvalue weighted by Crippen LogP contribution is -2.18. The van der Waals surface area contributed by atoms with E-state index in [0.717, 1.165) is 44.5 Å². The van der Waals surface area contributed by atoms with Crippen LogP contribution in [0.3, 0.4) is 0 Å². The molecule has 0 bridgehead atoms. The number of benzene rings is 3. The van der Waals surface area contributed by atoms with Crippen molar-refractivity contribution in [3.63, 3.8) is 0 Å². The Labute approximate surface area is 168 Å². The molecule has 0 aliphatic rings. The van der Waals surface area contributed by atoms with Crippen molar-refractivity contribution in [3.8, 4) is 5.75 Å². The van der Waals surface area contributed by atoms with Crippen LogP contribution in [0, 0.1) is 0 Å². The largest absolute Gasteiger partial charge is 0.497 e. The predicted molar refractivity (Wildman–Crippen MR) is 115 cm³/mol. The Kier molecular flexibility index (Phi) is 5.16. The van der Waals surface area contributed by atoms with E-state index in [2.05, 4.69) is 16.7 Å². The van der Waals surface area contributed by atoms with Crippen molar-refractivity contribution in [2.45, 2.75) is 6.61 Å². The SMILES string of the molecule is CNC(=O)OCc1ccc(Nc2c3ccccc3nc3cc(OC)ccc23)cc1. The van der Waals surface area contributed by atoms with Crippen LogP contribution in [0.1, 0.15) is 5.56 Å². The minimum atomic E-state index is -0.447. The van der Waals surface area contributed by atoms with Crippen LogP contribution >= 0.6 is 0 Å². The highest BCUT2D eigenvalue weighted by molar-refractivity contribution is 6.08. The smallest absolute Gasteiger partial charge is 0.407 e. The van der Waals surface area contributed by atoms with E-state index in [-0.39, 0.29) is 6.61 Å². The highest BCUT2D eigenvalue weighted by atomic mass is 16.5. The third-order valence-corrected chi connectivity index (χ3v) is 4.69. The van der Waals surface area contributed by atoms with Gasteiger partial charge in [-0.25, -0.2) is 9.78 Å². The number of carbonyl (C=O) groups is 1. The molecule has 0 spiro atoms. The molecule has 29 heavy (non-hydrogen) atoms. The lowest BCUT2D eigenvalue weighted by Gasteiger charge is -2.14. The Morgan fingerprint density at radius 1 is 0.966 bits per heavy atom. The first kappa shape index (κ1) is 18.6. The lowest BCUT2D eigenvalue weighted by molar-refractivity contribution is 0.142. The maximum atomic E-state index is 11.2. The van der Waals surface area contributed by atoms with Crippen LogP contribution in [0.15, 0.2) is 66.7 Å². The fourth-order valence-corrected chi connectivity index (χ4v) is 3.18. The molecule has 4 rings (SSSR count). The van der Waals surface area contributed by atoms with Crippen LogP contribution in [0.25, 0.3) is 21.8 Å². The first-order valence-electron chi connectivity index (χ1n) is 9.25. The van der Waals surface area contributed by atoms with E-state index in [4.69, 9.17) is 14.5 Å². The van der Waals surface area contributed by atoms with Crippen LogP contribution in [0.5, 0.6) is 5.75 Å². The highest BCUT2D eigenvalue weighted by Gasteiger charge is 2.10. The number of ether oxygens (including phenoxy) is 2. The molecule has 0 atom stereocenters. The number of fused-ring (bicyclic) bond motifs is 2. The monoisotopic (exact) mass is 387 g/mol. The van der Waals surface area contributed by atoms with Crippen LogP contribution in [-0.2, 0) is 11.3 Å². The summed E-state index contributed by atoms with van der Waals surface area (Å²) >= 11 is 0. The van der Waals surface area contributed by atoms with Gasteiger partial charge in [0.2, 0.25) is 0 Å². The van der Waals surface area contributed by atoms with Gasteiger partial charge in [-0.1, -0.05) is 30.3 Å². The molecule has 0 aliphatic carbocycles. The molecule has 4 aromatic rings. The van der Waals surface area contributed by atoms with Gasteiger partial charge in [0.15, 0.2) is 0 Å². The predicted octanol–water partition coefficient (Wildman–Crippen LogP) is 5.00. The fourth-order valence-electron chi connectivity index (χ4n) is 3.18. The summed E-state index contributed by atoms with van der Waals surface area (Å²) in [4.78, 5) is 16.0. The third kappa shape index (κ3) is 3.91. The van der Waals surface area contributed by atoms with Gasteiger partial charge >= 0.3 is 6.09 Å². The molecular formula is C23H21N3O3. The minimum absolute atomic E-state index is 0.223. The summed E-state index contributed by atoms with van der Waals surface area (Å²) in [6.45, 7) is 0.223. The number of hydrogen-bond donors (Lipinski definition) is 2. The van der Waals surface area contributed by atoms with Crippen molar-refractivity contribution in [1.82, 2.24) is 10.3 Å². The van der Waals surface area contributed by atoms with Crippen molar-refractivity contribution in [2.24, 2.45) is 0 Å². The maximum Gasteiger partial charge on any atom is 0.407 e. The van der Waals surface area contributed by atoms with Gasteiger partial charge in [-0.15, -0.1) is 0 Å². The number of aromatic nitrogens is 1. The van der Waals surface area contributed by atoms with E-state index < -0.39 is 6.09 Å². The van der Waals surface area contributed by atoms with Crippen LogP contribution in [0.2, 0.25) is 0 Å². The number of alkyl carbamates (subject to hydrolysis) is 1. The number of carbonyl (C=O) groups excluding carboxylic acids is 1. The Balaban J connectivity index is 1.70. The zero-order chi connectivity index (χ0) is 20.2. The second-order valence-corrected chi connectivity index (χ2v) is 6.54. The summed E-state index contributed by atoms with van der Waals surface area (Å²) in [7, 11) is 3.19. The summed E-state index contributed by atoms with van der Waals surface area (Å²) in [5, 5.41) is 8.01. The molecule has 0 saturated carbocycles. The average molecular weight is 387 g/mol. The number of pyridine rings is 1. The second kappa shape index (κ2) is 8.06. The number of hydrogen-bond acceptors (Lipinski definition) is 5. The zero-order valence-corrected chi connectivity index (χ0v) is 16.2. The third-order valence-electron chi connectivity index (χ3n) is 4.69. The molecule has 0 fully saturated rings. The van der Waals surface area contributed by atoms with E-state index in [9.17, 15) is 4.79 Å². The van der Waals surface area contributed by atoms with Gasteiger partial charge in [0.1, 0.15) is 12.4 Å². The summed E-state index contributed by atoms with van der Waals surface area (Å²) in [5.41, 5.74) is 4.60. The molecule has 0 unspecified atom stereocenters. The van der Waals surface area contributed by atoms with Crippen LogP contribution in [-0.4, -0.2) is 25.2 Å². The Bertz CT molecular complexity index is 1170. The quantitative estimate of drug-likeness (QED) is 0.472. The molecule has 6 heteroatoms. The number of amides is 1. The van der Waals surface area contributed by atoms with Crippen molar-refractivity contribution < 1.29 is 14.3 Å². The van der Waals surface area contributed by atoms with Gasteiger partial charge in [0, 0.05) is 29.6 Å². The number of rotatable bonds is 5. The molecule has 146 valence electrons. The summed E-state index contributed by atoms with van der Waals surface area (Å²) in [5.74, 6) is 0.770. The standard InChI is InChI=1S/C23H21N3O3/c1-24-23(27)29-14-15-7-9-16(10-8-15)25-22-18-5-3-4-6-20(18)26-21-13-17(28-2)11-12-19(21)22/h3-13H,14H2,1-2H3,(H,24,27)(H,25,26). The Morgan fingerprint density at radius 3 is 2.48 bits per heavy atom. The molecule has 1 heterocycles. The van der Waals surface area contributed by atoms with Crippen molar-refractivity contribution in [2.75, 3.05) is 19.5 Å². The summed E-state index contributed by atoms with van der Waals surface area (Å²) in [6, 6.07) is 21.7. The summed E-state index contributed by atoms with van der Waals surface area (Å²) in [6.07, 6.45) is -0.447. The molecule has 3 aromatic carbocycles. The molecule has 1 aromatic heterocycles. The van der Waals surface area contributed by atoms with Crippen molar-refractivity contribution >= 4 is 39.3 Å². The first-order chi connectivity index (χ1) is 14.2. The molecule has 0 aliphatic heterocycles. The molecule has 0 radical (unpaired) electrons. The second-order valence-electron chi connectivity index (χ2n) is 6.54. The van der Waals surface area contributed by atoms with E-state index in [1.165, 1.54) is 7.05 Å². The van der Waals surface area contributed by atoms with Gasteiger partial charge in [-0.3, -0.25) is 0 Å². The van der Waals surface area contributed by atoms with Gasteiger partial charge in [-0.2, -0.15) is 0 Å². The molecule has 2 N–H and O–H groups in total. The number of methoxy groups -OCH3 is 1. The fraction of sp³-hybridized carbons (Fsp3) is 0.130. The van der Waals surface area contributed by atoms with Crippen molar-refractivity contribution in [1.29, 1.82) is 0 Å². The van der Waals surface area contributed by atoms with E-state index in [1.807, 2.05) is 60.7 Å². The topological polar surface area (TPSA) is 72.5 Å². The van der Waals surface area contributed by atoms with Gasteiger partial charge < -0.3 is 20.1 Å². The van der Waals surface area contributed by atoms with Crippen LogP contribution < -0.4 is 15.4 Å². The maximum absolute atomic E-state index is 11.2. The number of nitrogens with one attached hydrogen (secondary N) is 2. The molecule has 1 amide bonds. The van der Waals surface area contributed by atoms with E-state index in [0.29, 0.717) is 0 Å². The van der Waals surface area contributed by atoms with Crippen LogP contribution in [0.4, 0.5) is 16.2 Å². The summed E-state index contributed by atoms with van der Waals surface area (Å²) < 4.78 is 10.4. The average Bonchev–Trinajstić information content (AvgIpc) is 2.77. The Hall–Kier alpha value is -3.80. The molecule has 6 nitrogen and oxygen atoms in total. The minimum Gasteiger partial charge on any atom is -0.497 e. The Morgan fingerprint density at radius 2 is 1.72 bits per heavy atom. The molecule has 0 saturated heterocycles. The number of para-hydroxylation sites is 1.